The molecule has 32 heavy (non-hydrogen) atoms. The predicted octanol–water partition coefficient (Wildman–Crippen LogP) is 0.585. The molecule has 1 aromatic carbocycles. The molecule has 1 unspecified atom stereocenters. The van der Waals surface area contributed by atoms with E-state index in [4.69, 9.17) is 4.74 Å². The number of hydrogen-bond acceptors (Lipinski definition) is 6. The van der Waals surface area contributed by atoms with E-state index in [2.05, 4.69) is 4.98 Å². The molecular weight excluding hydrogens is 433 g/mol. The number of ketones is 1. The van der Waals surface area contributed by atoms with Crippen LogP contribution in [0.5, 0.6) is 0 Å². The lowest BCUT2D eigenvalue weighted by molar-refractivity contribution is -0.908. The fourth-order valence-corrected chi connectivity index (χ4v) is 5.24. The van der Waals surface area contributed by atoms with Crippen molar-refractivity contribution in [3.8, 4) is 0 Å². The second-order valence-electron chi connectivity index (χ2n) is 8.14. The number of ether oxygens (including phenoxy) is 1. The van der Waals surface area contributed by atoms with Crippen molar-refractivity contribution in [2.45, 2.75) is 26.3 Å². The second kappa shape index (κ2) is 9.48. The largest absolute Gasteiger partial charge is 0.868 e. The Morgan fingerprint density at radius 1 is 1.28 bits per heavy atom. The lowest BCUT2D eigenvalue weighted by Crippen LogP contribution is -3.14. The van der Waals surface area contributed by atoms with E-state index in [0.29, 0.717) is 47.3 Å². The Labute approximate surface area is 190 Å². The third-order valence-corrected chi connectivity index (χ3v) is 7.03. The number of thiazole rings is 1. The molecule has 7 nitrogen and oxygen atoms in total. The van der Waals surface area contributed by atoms with Crippen LogP contribution in [0.15, 0.2) is 35.6 Å². The van der Waals surface area contributed by atoms with E-state index < -0.39 is 29.3 Å². The highest BCUT2D eigenvalue weighted by atomic mass is 32.1. The first-order valence-electron chi connectivity index (χ1n) is 10.7. The van der Waals surface area contributed by atoms with Crippen molar-refractivity contribution in [2.24, 2.45) is 0 Å². The van der Waals surface area contributed by atoms with Gasteiger partial charge in [0.05, 0.1) is 41.4 Å². The average molecular weight is 460 g/mol. The van der Waals surface area contributed by atoms with Crippen molar-refractivity contribution in [1.82, 2.24) is 9.88 Å². The molecule has 1 atom stereocenters. The van der Waals surface area contributed by atoms with Gasteiger partial charge in [0.15, 0.2) is 0 Å². The molecule has 0 radical (unpaired) electrons. The molecular formula is C23H26FN3O4S. The molecule has 0 bridgehead atoms. The minimum atomic E-state index is -0.829. The van der Waals surface area contributed by atoms with Gasteiger partial charge in [-0.3, -0.25) is 9.59 Å². The van der Waals surface area contributed by atoms with Gasteiger partial charge in [-0.15, -0.1) is 11.3 Å². The molecule has 0 aliphatic carbocycles. The molecule has 1 aromatic heterocycles. The van der Waals surface area contributed by atoms with E-state index in [-0.39, 0.29) is 5.57 Å². The van der Waals surface area contributed by atoms with Crippen LogP contribution >= 0.6 is 11.3 Å². The quantitative estimate of drug-likeness (QED) is 0.613. The molecule has 1 amide bonds. The maximum atomic E-state index is 13.6. The summed E-state index contributed by atoms with van der Waals surface area (Å²) in [4.78, 5) is 33.9. The van der Waals surface area contributed by atoms with Gasteiger partial charge in [0.1, 0.15) is 18.9 Å². The Kier molecular flexibility index (Phi) is 6.68. The Balaban J connectivity index is 1.63. The smallest absolute Gasteiger partial charge is 0.239 e. The van der Waals surface area contributed by atoms with Crippen molar-refractivity contribution >= 4 is 23.0 Å². The van der Waals surface area contributed by atoms with Crippen molar-refractivity contribution in [3.63, 3.8) is 0 Å². The van der Waals surface area contributed by atoms with E-state index in [0.717, 1.165) is 19.6 Å². The van der Waals surface area contributed by atoms with Crippen molar-refractivity contribution in [2.75, 3.05) is 39.4 Å². The van der Waals surface area contributed by atoms with Gasteiger partial charge in [0.25, 0.3) is 0 Å². The molecule has 3 heterocycles. The number of nitrogens with zero attached hydrogens (tertiary/aromatic N) is 2. The number of Topliss-reactive ketones (excluding diaryl/α,β-unsaturated/α-hetero) is 1. The molecule has 2 aliphatic heterocycles. The Morgan fingerprint density at radius 2 is 1.97 bits per heavy atom. The number of amides is 1. The first-order valence-corrected chi connectivity index (χ1v) is 11.6. The molecule has 2 aromatic rings. The third kappa shape index (κ3) is 4.46. The Hall–Kier alpha value is -2.62. The lowest BCUT2D eigenvalue weighted by Gasteiger charge is -2.29. The maximum absolute atomic E-state index is 13.6. The molecule has 2 aliphatic rings. The summed E-state index contributed by atoms with van der Waals surface area (Å²) in [5.41, 5.74) is 1.01. The summed E-state index contributed by atoms with van der Waals surface area (Å²) in [6, 6.07) is 4.80. The average Bonchev–Trinajstić information content (AvgIpc) is 3.25. The number of hydrogen-bond donors (Lipinski definition) is 1. The van der Waals surface area contributed by atoms with Gasteiger partial charge in [0, 0.05) is 18.5 Å². The number of benzene rings is 1. The first-order chi connectivity index (χ1) is 15.4. The van der Waals surface area contributed by atoms with Crippen LogP contribution in [-0.2, 0) is 9.53 Å². The molecule has 1 fully saturated rings. The number of carbonyl (C=O) groups excluding carboxylic acids is 2. The molecule has 0 saturated carbocycles. The van der Waals surface area contributed by atoms with Gasteiger partial charge in [-0.05, 0) is 37.3 Å². The summed E-state index contributed by atoms with van der Waals surface area (Å²) in [5, 5.41) is 13.7. The molecule has 170 valence electrons. The van der Waals surface area contributed by atoms with E-state index in [1.165, 1.54) is 45.4 Å². The summed E-state index contributed by atoms with van der Waals surface area (Å²) in [7, 11) is 0. The highest BCUT2D eigenvalue weighted by Crippen LogP contribution is 2.39. The number of quaternary nitrogens is 1. The number of nitrogens with one attached hydrogen (secondary N) is 1. The van der Waals surface area contributed by atoms with Crippen molar-refractivity contribution in [3.05, 3.63) is 62.6 Å². The first kappa shape index (κ1) is 22.6. The van der Waals surface area contributed by atoms with Gasteiger partial charge in [-0.25, -0.2) is 9.37 Å². The summed E-state index contributed by atoms with van der Waals surface area (Å²) >= 11 is 1.21. The van der Waals surface area contributed by atoms with E-state index in [9.17, 15) is 19.1 Å². The molecule has 1 saturated heterocycles. The van der Waals surface area contributed by atoms with Gasteiger partial charge in [-0.1, -0.05) is 12.1 Å². The fourth-order valence-electron chi connectivity index (χ4n) is 4.37. The van der Waals surface area contributed by atoms with E-state index in [1.54, 1.807) is 13.8 Å². The number of carbonyl (C=O) groups is 2. The molecule has 4 rings (SSSR count). The van der Waals surface area contributed by atoms with Gasteiger partial charge >= 0.3 is 0 Å². The summed E-state index contributed by atoms with van der Waals surface area (Å²) < 4.78 is 19.0. The monoisotopic (exact) mass is 459 g/mol. The van der Waals surface area contributed by atoms with Gasteiger partial charge in [-0.2, -0.15) is 0 Å². The second-order valence-corrected chi connectivity index (χ2v) is 9.34. The minimum Gasteiger partial charge on any atom is -0.868 e. The maximum Gasteiger partial charge on any atom is 0.239 e. The zero-order valence-electron chi connectivity index (χ0n) is 18.2. The van der Waals surface area contributed by atoms with Gasteiger partial charge in [0.2, 0.25) is 11.7 Å². The zero-order valence-corrected chi connectivity index (χ0v) is 19.0. The van der Waals surface area contributed by atoms with E-state index >= 15 is 0 Å². The molecule has 0 spiro atoms. The van der Waals surface area contributed by atoms with Crippen LogP contribution in [0.4, 0.5) is 4.39 Å². The van der Waals surface area contributed by atoms with Crippen LogP contribution in [-0.4, -0.2) is 61.0 Å². The van der Waals surface area contributed by atoms with Crippen molar-refractivity contribution in [1.29, 1.82) is 0 Å². The van der Waals surface area contributed by atoms with Gasteiger partial charge < -0.3 is 19.6 Å². The highest BCUT2D eigenvalue weighted by Gasteiger charge is 2.40. The highest BCUT2D eigenvalue weighted by molar-refractivity contribution is 7.14. The standard InChI is InChI=1S/C23H26FN3O4S/c1-14-22(32-15(2)25-14)20(28)18-19(16-4-6-17(24)7-5-16)27(23(30)21(18)29)9-3-8-26-10-12-31-13-11-26/h4-7,19,29H,3,8-13H2,1-2H3. The lowest BCUT2D eigenvalue weighted by atomic mass is 9.95. The minimum absolute atomic E-state index is 0.0768. The topological polar surface area (TPSA) is 87.0 Å². The van der Waals surface area contributed by atoms with Crippen LogP contribution in [0.25, 0.3) is 0 Å². The van der Waals surface area contributed by atoms with Crippen LogP contribution < -0.4 is 10.0 Å². The molecule has 1 N–H and O–H groups in total. The zero-order chi connectivity index (χ0) is 22.8. The van der Waals surface area contributed by atoms with Crippen LogP contribution in [0.3, 0.4) is 0 Å². The van der Waals surface area contributed by atoms with Crippen LogP contribution in [0.1, 0.15) is 38.4 Å². The fraction of sp³-hybridized carbons (Fsp3) is 0.435. The number of aryl methyl sites for hydroxylation is 2. The van der Waals surface area contributed by atoms with Crippen molar-refractivity contribution < 1.29 is 28.7 Å². The summed E-state index contributed by atoms with van der Waals surface area (Å²) in [6.07, 6.45) is 0.687. The summed E-state index contributed by atoms with van der Waals surface area (Å²) in [5.74, 6) is -2.36. The van der Waals surface area contributed by atoms with E-state index in [1.807, 2.05) is 0 Å². The molecule has 9 heteroatoms. The van der Waals surface area contributed by atoms with Crippen LogP contribution in [0, 0.1) is 19.7 Å². The number of halogens is 1. The SMILES string of the molecule is Cc1nc(C)c(C(=O)C2=C([O-])C(=O)N(CCC[NH+]3CCOCC3)C2c2ccc(F)cc2)s1. The Morgan fingerprint density at radius 3 is 2.59 bits per heavy atom. The normalized spacial score (nSPS) is 19.8. The number of morpholine rings is 1. The van der Waals surface area contributed by atoms with Crippen LogP contribution in [0.2, 0.25) is 0 Å². The third-order valence-electron chi connectivity index (χ3n) is 5.95. The summed E-state index contributed by atoms with van der Waals surface area (Å²) in [6.45, 7) is 7.95. The Bertz CT molecular complexity index is 1040. The predicted molar refractivity (Wildman–Crippen MR) is 115 cm³/mol. The number of rotatable bonds is 7. The number of aromatic nitrogens is 1.